The molecule has 1 N–H and O–H groups in total. The summed E-state index contributed by atoms with van der Waals surface area (Å²) >= 11 is 0. The summed E-state index contributed by atoms with van der Waals surface area (Å²) in [5.74, 6) is -0.280. The van der Waals surface area contributed by atoms with Crippen LogP contribution < -0.4 is 14.2 Å². The third-order valence-electron chi connectivity index (χ3n) is 5.70. The van der Waals surface area contributed by atoms with Gasteiger partial charge in [0.15, 0.2) is 11.5 Å². The summed E-state index contributed by atoms with van der Waals surface area (Å²) in [5.41, 5.74) is 1.67. The number of aliphatic hydroxyl groups excluding tert-OH is 1. The summed E-state index contributed by atoms with van der Waals surface area (Å²) in [6, 6.07) is 14.7. The fourth-order valence-corrected chi connectivity index (χ4v) is 4.15. The Balaban J connectivity index is 1.67. The van der Waals surface area contributed by atoms with Crippen LogP contribution in [0.3, 0.4) is 0 Å². The standard InChI is InChI=1S/C25H20N2O6/c1-31-18-7-3-2-6-17(18)22-21(23(28)16-8-9-19-20(11-16)33-14-32-19)24(29)25(30)27(22)13-15-5-4-10-26-12-15/h2-12,22,28H,13-14H2,1H3/b23-21+. The second-order valence-corrected chi connectivity index (χ2v) is 7.60. The third kappa shape index (κ3) is 3.55. The first-order valence-corrected chi connectivity index (χ1v) is 10.3. The Labute approximate surface area is 189 Å². The van der Waals surface area contributed by atoms with Crippen molar-refractivity contribution in [1.82, 2.24) is 9.88 Å². The minimum Gasteiger partial charge on any atom is -0.507 e. The molecule has 8 nitrogen and oxygen atoms in total. The van der Waals surface area contributed by atoms with Crippen molar-refractivity contribution < 1.29 is 28.9 Å². The average Bonchev–Trinajstić information content (AvgIpc) is 3.42. The summed E-state index contributed by atoms with van der Waals surface area (Å²) < 4.78 is 16.3. The number of rotatable bonds is 5. The van der Waals surface area contributed by atoms with Crippen molar-refractivity contribution in [2.24, 2.45) is 0 Å². The SMILES string of the molecule is COc1ccccc1C1/C(=C(\O)c2ccc3c(c2)OCO3)C(=O)C(=O)N1Cc1cccnc1. The molecule has 1 amide bonds. The maximum atomic E-state index is 13.2. The molecule has 2 aliphatic heterocycles. The summed E-state index contributed by atoms with van der Waals surface area (Å²) in [6.45, 7) is 0.218. The number of benzene rings is 2. The molecule has 0 bridgehead atoms. The summed E-state index contributed by atoms with van der Waals surface area (Å²) in [6.07, 6.45) is 3.27. The fraction of sp³-hybridized carbons (Fsp3) is 0.160. The Hall–Kier alpha value is -4.33. The van der Waals surface area contributed by atoms with Gasteiger partial charge in [-0.2, -0.15) is 0 Å². The highest BCUT2D eigenvalue weighted by molar-refractivity contribution is 6.46. The number of ketones is 1. The number of para-hydroxylation sites is 1. The molecule has 8 heteroatoms. The number of aliphatic hydroxyl groups is 1. The molecule has 1 unspecified atom stereocenters. The van der Waals surface area contributed by atoms with E-state index in [1.54, 1.807) is 60.9 Å². The number of fused-ring (bicyclic) bond motifs is 1. The van der Waals surface area contributed by atoms with E-state index in [2.05, 4.69) is 4.98 Å². The molecule has 1 aromatic heterocycles. The molecule has 0 radical (unpaired) electrons. The molecule has 3 heterocycles. The number of carbonyl (C=O) groups is 2. The highest BCUT2D eigenvalue weighted by atomic mass is 16.7. The van der Waals surface area contributed by atoms with Crippen molar-refractivity contribution in [3.8, 4) is 17.2 Å². The van der Waals surface area contributed by atoms with E-state index < -0.39 is 17.7 Å². The third-order valence-corrected chi connectivity index (χ3v) is 5.70. The van der Waals surface area contributed by atoms with Gasteiger partial charge in [0.2, 0.25) is 6.79 Å². The quantitative estimate of drug-likeness (QED) is 0.366. The maximum absolute atomic E-state index is 13.2. The lowest BCUT2D eigenvalue weighted by Gasteiger charge is -2.26. The number of methoxy groups -OCH3 is 1. The van der Waals surface area contributed by atoms with Crippen LogP contribution in [0.4, 0.5) is 0 Å². The molecule has 2 aromatic carbocycles. The zero-order valence-electron chi connectivity index (χ0n) is 17.7. The van der Waals surface area contributed by atoms with Crippen molar-refractivity contribution in [2.45, 2.75) is 12.6 Å². The van der Waals surface area contributed by atoms with Gasteiger partial charge in [0, 0.05) is 30.1 Å². The Kier molecular flexibility index (Phi) is 5.18. The van der Waals surface area contributed by atoms with Crippen molar-refractivity contribution in [1.29, 1.82) is 0 Å². The summed E-state index contributed by atoms with van der Waals surface area (Å²) in [7, 11) is 1.52. The van der Waals surface area contributed by atoms with Gasteiger partial charge in [-0.1, -0.05) is 24.3 Å². The number of amides is 1. The van der Waals surface area contributed by atoms with Crippen molar-refractivity contribution in [3.05, 3.63) is 89.3 Å². The van der Waals surface area contributed by atoms with Crippen molar-refractivity contribution in [2.75, 3.05) is 13.9 Å². The van der Waals surface area contributed by atoms with E-state index in [-0.39, 0.29) is 24.7 Å². The van der Waals surface area contributed by atoms with Crippen LogP contribution in [0.25, 0.3) is 5.76 Å². The number of nitrogens with zero attached hydrogens (tertiary/aromatic N) is 2. The van der Waals surface area contributed by atoms with E-state index in [0.29, 0.717) is 28.4 Å². The van der Waals surface area contributed by atoms with E-state index in [0.717, 1.165) is 5.56 Å². The first kappa shape index (κ1) is 20.6. The van der Waals surface area contributed by atoms with Crippen LogP contribution in [-0.4, -0.2) is 40.6 Å². The molecule has 1 fully saturated rings. The number of ether oxygens (including phenoxy) is 3. The van der Waals surface area contributed by atoms with Crippen molar-refractivity contribution >= 4 is 17.4 Å². The lowest BCUT2D eigenvalue weighted by atomic mass is 9.94. The van der Waals surface area contributed by atoms with Gasteiger partial charge in [-0.15, -0.1) is 0 Å². The van der Waals surface area contributed by atoms with Gasteiger partial charge in [-0.05, 0) is 35.9 Å². The number of aromatic nitrogens is 1. The fourth-order valence-electron chi connectivity index (χ4n) is 4.15. The highest BCUT2D eigenvalue weighted by Gasteiger charge is 2.47. The molecule has 33 heavy (non-hydrogen) atoms. The zero-order valence-corrected chi connectivity index (χ0v) is 17.7. The Morgan fingerprint density at radius 2 is 1.94 bits per heavy atom. The molecule has 1 atom stereocenters. The first-order valence-electron chi connectivity index (χ1n) is 10.3. The number of pyridine rings is 1. The van der Waals surface area contributed by atoms with Gasteiger partial charge in [0.1, 0.15) is 11.5 Å². The second-order valence-electron chi connectivity index (χ2n) is 7.60. The lowest BCUT2D eigenvalue weighted by Crippen LogP contribution is -2.29. The molecule has 166 valence electrons. The largest absolute Gasteiger partial charge is 0.507 e. The molecule has 5 rings (SSSR count). The van der Waals surface area contributed by atoms with Crippen LogP contribution >= 0.6 is 0 Å². The smallest absolute Gasteiger partial charge is 0.295 e. The zero-order chi connectivity index (χ0) is 22.9. The second kappa shape index (κ2) is 8.31. The molecule has 2 aliphatic rings. The molecule has 3 aromatic rings. The lowest BCUT2D eigenvalue weighted by molar-refractivity contribution is -0.140. The van der Waals surface area contributed by atoms with E-state index in [9.17, 15) is 14.7 Å². The van der Waals surface area contributed by atoms with Crippen LogP contribution in [0, 0.1) is 0 Å². The van der Waals surface area contributed by atoms with Crippen LogP contribution in [0.15, 0.2) is 72.6 Å². The number of carbonyl (C=O) groups excluding carboxylic acids is 2. The van der Waals surface area contributed by atoms with Gasteiger partial charge >= 0.3 is 0 Å². The monoisotopic (exact) mass is 444 g/mol. The number of hydrogen-bond donors (Lipinski definition) is 1. The molecule has 0 saturated carbocycles. The minimum atomic E-state index is -0.855. The van der Waals surface area contributed by atoms with E-state index >= 15 is 0 Å². The van der Waals surface area contributed by atoms with Gasteiger partial charge in [-0.3, -0.25) is 14.6 Å². The average molecular weight is 444 g/mol. The Morgan fingerprint density at radius 3 is 2.73 bits per heavy atom. The highest BCUT2D eigenvalue weighted by Crippen LogP contribution is 2.44. The van der Waals surface area contributed by atoms with E-state index in [1.165, 1.54) is 12.0 Å². The topological polar surface area (TPSA) is 98.2 Å². The van der Waals surface area contributed by atoms with Gasteiger partial charge < -0.3 is 24.2 Å². The van der Waals surface area contributed by atoms with Crippen LogP contribution in [0.2, 0.25) is 0 Å². The maximum Gasteiger partial charge on any atom is 0.295 e. The molecular formula is C25H20N2O6. The molecule has 0 aliphatic carbocycles. The normalized spacial score (nSPS) is 18.6. The Bertz CT molecular complexity index is 1270. The van der Waals surface area contributed by atoms with Crippen LogP contribution in [-0.2, 0) is 16.1 Å². The molecule has 0 spiro atoms. The summed E-state index contributed by atoms with van der Waals surface area (Å²) in [4.78, 5) is 31.9. The summed E-state index contributed by atoms with van der Waals surface area (Å²) in [5, 5.41) is 11.2. The van der Waals surface area contributed by atoms with Gasteiger partial charge in [0.25, 0.3) is 11.7 Å². The predicted molar refractivity (Wildman–Crippen MR) is 118 cm³/mol. The van der Waals surface area contributed by atoms with Gasteiger partial charge in [-0.25, -0.2) is 0 Å². The minimum absolute atomic E-state index is 0.0211. The van der Waals surface area contributed by atoms with E-state index in [1.807, 2.05) is 6.07 Å². The number of hydrogen-bond acceptors (Lipinski definition) is 7. The predicted octanol–water partition coefficient (Wildman–Crippen LogP) is 3.44. The first-order chi connectivity index (χ1) is 16.1. The van der Waals surface area contributed by atoms with Crippen LogP contribution in [0.1, 0.15) is 22.7 Å². The number of likely N-dealkylation sites (tertiary alicyclic amines) is 1. The Morgan fingerprint density at radius 1 is 1.12 bits per heavy atom. The molecular weight excluding hydrogens is 424 g/mol. The number of Topliss-reactive ketones (excluding diaryl/α,β-unsaturated/α-hetero) is 1. The van der Waals surface area contributed by atoms with Gasteiger partial charge in [0.05, 0.1) is 18.7 Å². The van der Waals surface area contributed by atoms with E-state index in [4.69, 9.17) is 14.2 Å². The molecule has 1 saturated heterocycles. The van der Waals surface area contributed by atoms with Crippen molar-refractivity contribution in [3.63, 3.8) is 0 Å². The van der Waals surface area contributed by atoms with Crippen LogP contribution in [0.5, 0.6) is 17.2 Å².